The van der Waals surface area contributed by atoms with Crippen LogP contribution in [0.15, 0.2) is 59.5 Å². The first kappa shape index (κ1) is 31.5. The summed E-state index contributed by atoms with van der Waals surface area (Å²) in [6, 6.07) is 15.2. The van der Waals surface area contributed by atoms with Gasteiger partial charge in [-0.05, 0) is 61.6 Å². The van der Waals surface area contributed by atoms with Gasteiger partial charge in [-0.3, -0.25) is 9.59 Å². The van der Waals surface area contributed by atoms with E-state index in [9.17, 15) is 23.1 Å². The molecule has 0 spiro atoms. The molecule has 0 radical (unpaired) electrons. The van der Waals surface area contributed by atoms with E-state index in [0.717, 1.165) is 15.4 Å². The third-order valence-corrected chi connectivity index (χ3v) is 8.54. The lowest BCUT2D eigenvalue weighted by Gasteiger charge is -2.30. The van der Waals surface area contributed by atoms with Gasteiger partial charge in [0.25, 0.3) is 0 Å². The van der Waals surface area contributed by atoms with Crippen molar-refractivity contribution in [2.24, 2.45) is 17.3 Å². The minimum atomic E-state index is -3.99. The lowest BCUT2D eigenvalue weighted by atomic mass is 9.76. The molecular formula is C30H44N2O5S. The molecule has 0 saturated carbocycles. The molecule has 1 amide bonds. The lowest BCUT2D eigenvalue weighted by Crippen LogP contribution is -2.46. The zero-order valence-electron chi connectivity index (χ0n) is 23.6. The highest BCUT2D eigenvalue weighted by molar-refractivity contribution is 7.89. The molecule has 2 aromatic rings. The summed E-state index contributed by atoms with van der Waals surface area (Å²) in [4.78, 5) is 25.4. The second-order valence-corrected chi connectivity index (χ2v) is 13.4. The van der Waals surface area contributed by atoms with Crippen LogP contribution in [-0.2, 0) is 26.0 Å². The molecule has 0 aliphatic carbocycles. The van der Waals surface area contributed by atoms with Crippen molar-refractivity contribution in [2.45, 2.75) is 78.2 Å². The fraction of sp³-hybridized carbons (Fsp3) is 0.533. The summed E-state index contributed by atoms with van der Waals surface area (Å²) in [7, 11) is -3.99. The Bertz CT molecular complexity index is 1140. The predicted octanol–water partition coefficient (Wildman–Crippen LogP) is 5.29. The van der Waals surface area contributed by atoms with Gasteiger partial charge >= 0.3 is 5.97 Å². The van der Waals surface area contributed by atoms with E-state index in [0.29, 0.717) is 25.8 Å². The van der Waals surface area contributed by atoms with Crippen LogP contribution >= 0.6 is 0 Å². The van der Waals surface area contributed by atoms with E-state index < -0.39 is 22.0 Å². The quantitative estimate of drug-likeness (QED) is 0.315. The second-order valence-electron chi connectivity index (χ2n) is 11.5. The molecule has 0 aromatic heterocycles. The molecule has 2 aromatic carbocycles. The molecule has 210 valence electrons. The van der Waals surface area contributed by atoms with Crippen molar-refractivity contribution >= 4 is 21.9 Å². The average Bonchev–Trinajstić information content (AvgIpc) is 2.83. The van der Waals surface area contributed by atoms with Gasteiger partial charge in [0, 0.05) is 19.0 Å². The van der Waals surface area contributed by atoms with E-state index in [-0.39, 0.29) is 41.0 Å². The molecule has 0 bridgehead atoms. The molecule has 0 aliphatic rings. The van der Waals surface area contributed by atoms with E-state index >= 15 is 0 Å². The summed E-state index contributed by atoms with van der Waals surface area (Å²) in [6.45, 7) is 12.3. The van der Waals surface area contributed by atoms with Gasteiger partial charge in [0.15, 0.2) is 0 Å². The first-order valence-corrected chi connectivity index (χ1v) is 14.8. The Labute approximate surface area is 228 Å². The van der Waals surface area contributed by atoms with Crippen LogP contribution in [0, 0.1) is 24.2 Å². The number of carboxylic acids is 1. The van der Waals surface area contributed by atoms with E-state index in [2.05, 4.69) is 26.1 Å². The Morgan fingerprint density at radius 1 is 0.974 bits per heavy atom. The third kappa shape index (κ3) is 9.24. The fourth-order valence-electron chi connectivity index (χ4n) is 4.43. The number of amides is 1. The molecule has 7 nitrogen and oxygen atoms in total. The summed E-state index contributed by atoms with van der Waals surface area (Å²) < 4.78 is 28.0. The monoisotopic (exact) mass is 544 g/mol. The number of nitrogens with zero attached hydrogens (tertiary/aromatic N) is 1. The van der Waals surface area contributed by atoms with E-state index in [4.69, 9.17) is 0 Å². The molecule has 0 saturated heterocycles. The van der Waals surface area contributed by atoms with Crippen LogP contribution in [0.4, 0.5) is 0 Å². The van der Waals surface area contributed by atoms with Gasteiger partial charge in [0.1, 0.15) is 6.04 Å². The zero-order chi connectivity index (χ0) is 28.5. The summed E-state index contributed by atoms with van der Waals surface area (Å²) in [5.41, 5.74) is 1.80. The highest BCUT2D eigenvalue weighted by Crippen LogP contribution is 2.29. The number of benzene rings is 2. The van der Waals surface area contributed by atoms with Gasteiger partial charge < -0.3 is 10.4 Å². The Kier molecular flexibility index (Phi) is 11.5. The van der Waals surface area contributed by atoms with Crippen LogP contribution in [0.5, 0.6) is 0 Å². The van der Waals surface area contributed by atoms with Crippen LogP contribution in [0.1, 0.15) is 65.0 Å². The van der Waals surface area contributed by atoms with Crippen molar-refractivity contribution in [1.82, 2.24) is 9.62 Å². The minimum Gasteiger partial charge on any atom is -0.480 e. The van der Waals surface area contributed by atoms with Crippen LogP contribution in [0.25, 0.3) is 0 Å². The summed E-state index contributed by atoms with van der Waals surface area (Å²) in [5.74, 6) is -1.45. The van der Waals surface area contributed by atoms with Gasteiger partial charge in [-0.15, -0.1) is 0 Å². The predicted molar refractivity (Wildman–Crippen MR) is 151 cm³/mol. The van der Waals surface area contributed by atoms with Crippen molar-refractivity contribution in [3.05, 3.63) is 65.7 Å². The molecule has 2 N–H and O–H groups in total. The maximum Gasteiger partial charge on any atom is 0.322 e. The summed E-state index contributed by atoms with van der Waals surface area (Å²) in [5, 5.41) is 13.0. The second kappa shape index (κ2) is 13.9. The first-order chi connectivity index (χ1) is 17.7. The number of hydrogen-bond donors (Lipinski definition) is 2. The number of carbonyl (C=O) groups is 2. The Morgan fingerprint density at radius 3 is 2.11 bits per heavy atom. The maximum atomic E-state index is 13.4. The van der Waals surface area contributed by atoms with Crippen molar-refractivity contribution in [3.63, 3.8) is 0 Å². The number of nitrogens with one attached hydrogen (secondary N) is 1. The summed E-state index contributed by atoms with van der Waals surface area (Å²) >= 11 is 0. The molecule has 0 fully saturated rings. The molecular weight excluding hydrogens is 500 g/mol. The highest BCUT2D eigenvalue weighted by Gasteiger charge is 2.36. The minimum absolute atomic E-state index is 0.0282. The molecule has 2 unspecified atom stereocenters. The van der Waals surface area contributed by atoms with Crippen LogP contribution in [0.2, 0.25) is 0 Å². The normalized spacial score (nSPS) is 13.9. The number of carbonyl (C=O) groups excluding carboxylic acids is 1. The third-order valence-electron chi connectivity index (χ3n) is 6.65. The smallest absolute Gasteiger partial charge is 0.322 e. The number of sulfonamides is 1. The molecule has 2 rings (SSSR count). The number of rotatable bonds is 14. The number of unbranched alkanes of at least 4 members (excludes halogenated alkanes) is 1. The largest absolute Gasteiger partial charge is 0.480 e. The lowest BCUT2D eigenvalue weighted by molar-refractivity contribution is -0.142. The van der Waals surface area contributed by atoms with E-state index in [1.807, 2.05) is 51.1 Å². The number of aryl methyl sites for hydroxylation is 1. The fourth-order valence-corrected chi connectivity index (χ4v) is 6.20. The standard InChI is InChI=1S/C30H44N2O5S/c1-22(2)21-32(38(36,37)25-17-15-23(3)16-18-25)27(29(34)35)14-10-11-19-31-28(33)26(30(4,5)6)20-24-12-8-7-9-13-24/h7-9,12-13,15-18,22,26-27H,10-11,14,19-21H2,1-6H3,(H,31,33)(H,34,35). The Morgan fingerprint density at radius 2 is 1.58 bits per heavy atom. The van der Waals surface area contributed by atoms with E-state index in [1.54, 1.807) is 12.1 Å². The van der Waals surface area contributed by atoms with Crippen LogP contribution < -0.4 is 5.32 Å². The SMILES string of the molecule is Cc1ccc(S(=O)(=O)N(CC(C)C)C(CCCCNC(=O)C(Cc2ccccc2)C(C)(C)C)C(=O)O)cc1. The van der Waals surface area contributed by atoms with Crippen molar-refractivity contribution < 1.29 is 23.1 Å². The van der Waals surface area contributed by atoms with Crippen molar-refractivity contribution in [2.75, 3.05) is 13.1 Å². The number of hydrogen-bond acceptors (Lipinski definition) is 4. The van der Waals surface area contributed by atoms with Gasteiger partial charge in [-0.1, -0.05) is 82.6 Å². The molecule has 38 heavy (non-hydrogen) atoms. The van der Waals surface area contributed by atoms with E-state index in [1.165, 1.54) is 12.1 Å². The topological polar surface area (TPSA) is 104 Å². The Hall–Kier alpha value is -2.71. The van der Waals surface area contributed by atoms with Gasteiger partial charge in [-0.2, -0.15) is 4.31 Å². The highest BCUT2D eigenvalue weighted by atomic mass is 32.2. The van der Waals surface area contributed by atoms with Gasteiger partial charge in [-0.25, -0.2) is 8.42 Å². The van der Waals surface area contributed by atoms with Gasteiger partial charge in [0.2, 0.25) is 15.9 Å². The van der Waals surface area contributed by atoms with Crippen molar-refractivity contribution in [1.29, 1.82) is 0 Å². The summed E-state index contributed by atoms with van der Waals surface area (Å²) in [6.07, 6.45) is 1.82. The molecule has 0 heterocycles. The average molecular weight is 545 g/mol. The number of carboxylic acid groups (broad SMARTS) is 1. The maximum absolute atomic E-state index is 13.4. The Balaban J connectivity index is 2.04. The zero-order valence-corrected chi connectivity index (χ0v) is 24.4. The van der Waals surface area contributed by atoms with Crippen molar-refractivity contribution in [3.8, 4) is 0 Å². The number of aliphatic carboxylic acids is 1. The first-order valence-electron chi connectivity index (χ1n) is 13.4. The molecule has 0 aliphatic heterocycles. The molecule has 2 atom stereocenters. The van der Waals surface area contributed by atoms with Gasteiger partial charge in [0.05, 0.1) is 4.90 Å². The van der Waals surface area contributed by atoms with Crippen LogP contribution in [0.3, 0.4) is 0 Å². The molecule has 8 heteroatoms. The van der Waals surface area contributed by atoms with Crippen LogP contribution in [-0.4, -0.2) is 48.8 Å².